The molecule has 1 unspecified atom stereocenters. The third kappa shape index (κ3) is 2.49. The van der Waals surface area contributed by atoms with Gasteiger partial charge in [-0.3, -0.25) is 0 Å². The highest BCUT2D eigenvalue weighted by atomic mass is 19.1. The molecule has 0 aliphatic heterocycles. The number of rotatable bonds is 2. The quantitative estimate of drug-likeness (QED) is 0.519. The molecule has 1 nitrogen and oxygen atoms in total. The van der Waals surface area contributed by atoms with Crippen molar-refractivity contribution in [3.05, 3.63) is 11.8 Å². The molecule has 0 N–H and O–H groups in total. The molecule has 9 heavy (non-hydrogen) atoms. The Labute approximate surface area is 56.2 Å². The first-order chi connectivity index (χ1) is 4.09. The van der Waals surface area contributed by atoms with Crippen molar-refractivity contribution >= 4 is 0 Å². The van der Waals surface area contributed by atoms with Gasteiger partial charge >= 0.3 is 0 Å². The maximum atomic E-state index is 12.4. The Kier molecular flexibility index (Phi) is 3.28. The third-order valence-corrected chi connectivity index (χ3v) is 1.51. The molecule has 0 aromatic heterocycles. The van der Waals surface area contributed by atoms with Crippen molar-refractivity contribution in [2.24, 2.45) is 0 Å². The summed E-state index contributed by atoms with van der Waals surface area (Å²) in [6, 6.07) is 0. The van der Waals surface area contributed by atoms with E-state index in [0.29, 0.717) is 0 Å². The maximum absolute atomic E-state index is 12.4. The Morgan fingerprint density at radius 2 is 2.11 bits per heavy atom. The summed E-state index contributed by atoms with van der Waals surface area (Å²) in [4.78, 5) is 1.58. The molecule has 0 aliphatic rings. The monoisotopic (exact) mass is 131 g/mol. The zero-order valence-corrected chi connectivity index (χ0v) is 6.48. The minimum absolute atomic E-state index is 0.888. The summed E-state index contributed by atoms with van der Waals surface area (Å²) in [5.41, 5.74) is 0.963. The zero-order chi connectivity index (χ0) is 7.44. The minimum Gasteiger partial charge on any atom is -0.349 e. The fourth-order valence-corrected chi connectivity index (χ4v) is 0.484. The SMILES string of the molecule is C/C=C(/C)N(C)C(C)F. The van der Waals surface area contributed by atoms with Gasteiger partial charge < -0.3 is 4.90 Å². The van der Waals surface area contributed by atoms with Crippen LogP contribution in [0.3, 0.4) is 0 Å². The highest BCUT2D eigenvalue weighted by Crippen LogP contribution is 2.05. The normalized spacial score (nSPS) is 15.4. The van der Waals surface area contributed by atoms with Gasteiger partial charge in [-0.25, -0.2) is 4.39 Å². The average molecular weight is 131 g/mol. The first-order valence-corrected chi connectivity index (χ1v) is 3.09. The Morgan fingerprint density at radius 1 is 1.67 bits per heavy atom. The van der Waals surface area contributed by atoms with Gasteiger partial charge in [-0.1, -0.05) is 6.08 Å². The summed E-state index contributed by atoms with van der Waals surface area (Å²) in [6.07, 6.45) is 0.997. The van der Waals surface area contributed by atoms with Gasteiger partial charge in [-0.05, 0) is 20.8 Å². The Bertz CT molecular complexity index is 107. The lowest BCUT2D eigenvalue weighted by Crippen LogP contribution is -2.22. The van der Waals surface area contributed by atoms with Crippen LogP contribution in [0.2, 0.25) is 0 Å². The van der Waals surface area contributed by atoms with Crippen LogP contribution in [0.1, 0.15) is 20.8 Å². The first kappa shape index (κ1) is 8.47. The first-order valence-electron chi connectivity index (χ1n) is 3.09. The largest absolute Gasteiger partial charge is 0.349 e. The molecule has 0 fully saturated rings. The second kappa shape index (κ2) is 3.49. The molecule has 0 aromatic rings. The predicted molar refractivity (Wildman–Crippen MR) is 37.8 cm³/mol. The van der Waals surface area contributed by atoms with Crippen LogP contribution < -0.4 is 0 Å². The minimum atomic E-state index is -0.888. The fourth-order valence-electron chi connectivity index (χ4n) is 0.484. The van der Waals surface area contributed by atoms with Crippen molar-refractivity contribution in [1.29, 1.82) is 0 Å². The van der Waals surface area contributed by atoms with Crippen molar-refractivity contribution in [3.63, 3.8) is 0 Å². The van der Waals surface area contributed by atoms with E-state index in [1.54, 1.807) is 11.9 Å². The number of allylic oxidation sites excluding steroid dienone is 2. The number of halogens is 1. The average Bonchev–Trinajstić information content (AvgIpc) is 1.84. The highest BCUT2D eigenvalue weighted by molar-refractivity contribution is 4.93. The van der Waals surface area contributed by atoms with E-state index < -0.39 is 6.30 Å². The summed E-state index contributed by atoms with van der Waals surface area (Å²) >= 11 is 0. The summed E-state index contributed by atoms with van der Waals surface area (Å²) in [6.45, 7) is 5.30. The standard InChI is InChI=1S/C7H14FN/c1-5-6(2)9(4)7(3)8/h5,7H,1-4H3/b6-5-. The number of alkyl halides is 1. The van der Waals surface area contributed by atoms with Crippen molar-refractivity contribution in [2.75, 3.05) is 7.05 Å². The Hall–Kier alpha value is -0.530. The van der Waals surface area contributed by atoms with Gasteiger partial charge in [0.05, 0.1) is 0 Å². The lowest BCUT2D eigenvalue weighted by Gasteiger charge is -2.20. The maximum Gasteiger partial charge on any atom is 0.169 e. The van der Waals surface area contributed by atoms with Crippen LogP contribution in [0.5, 0.6) is 0 Å². The van der Waals surface area contributed by atoms with E-state index in [2.05, 4.69) is 0 Å². The molecule has 2 heteroatoms. The molecule has 1 atom stereocenters. The van der Waals surface area contributed by atoms with Crippen molar-refractivity contribution in [1.82, 2.24) is 4.90 Å². The van der Waals surface area contributed by atoms with Crippen LogP contribution in [0.15, 0.2) is 11.8 Å². The molecule has 0 spiro atoms. The molecule has 54 valence electrons. The Balaban J connectivity index is 3.88. The van der Waals surface area contributed by atoms with E-state index in [4.69, 9.17) is 0 Å². The second-order valence-corrected chi connectivity index (χ2v) is 2.11. The smallest absolute Gasteiger partial charge is 0.169 e. The van der Waals surface area contributed by atoms with Crippen LogP contribution in [0, 0.1) is 0 Å². The predicted octanol–water partition coefficient (Wildman–Crippen LogP) is 2.16. The van der Waals surface area contributed by atoms with Gasteiger partial charge in [0.15, 0.2) is 6.30 Å². The molecule has 0 aliphatic carbocycles. The molecular weight excluding hydrogens is 117 g/mol. The fraction of sp³-hybridized carbons (Fsp3) is 0.714. The van der Waals surface area contributed by atoms with Gasteiger partial charge in [-0.15, -0.1) is 0 Å². The summed E-state index contributed by atoms with van der Waals surface area (Å²) in [5.74, 6) is 0. The van der Waals surface area contributed by atoms with E-state index >= 15 is 0 Å². The van der Waals surface area contributed by atoms with E-state index in [1.807, 2.05) is 19.9 Å². The van der Waals surface area contributed by atoms with Crippen LogP contribution >= 0.6 is 0 Å². The van der Waals surface area contributed by atoms with Crippen LogP contribution in [0.4, 0.5) is 4.39 Å². The van der Waals surface area contributed by atoms with Crippen LogP contribution in [-0.2, 0) is 0 Å². The number of hydrogen-bond donors (Lipinski definition) is 0. The topological polar surface area (TPSA) is 3.24 Å². The van der Waals surface area contributed by atoms with E-state index in [-0.39, 0.29) is 0 Å². The molecule has 0 saturated heterocycles. The Morgan fingerprint density at radius 3 is 2.22 bits per heavy atom. The summed E-state index contributed by atoms with van der Waals surface area (Å²) in [5, 5.41) is 0. The molecule has 0 aromatic carbocycles. The van der Waals surface area contributed by atoms with Gasteiger partial charge in [0.1, 0.15) is 0 Å². The molecule has 0 radical (unpaired) electrons. The third-order valence-electron chi connectivity index (χ3n) is 1.51. The van der Waals surface area contributed by atoms with Crippen molar-refractivity contribution in [3.8, 4) is 0 Å². The van der Waals surface area contributed by atoms with Crippen LogP contribution in [0.25, 0.3) is 0 Å². The van der Waals surface area contributed by atoms with Crippen molar-refractivity contribution < 1.29 is 4.39 Å². The highest BCUT2D eigenvalue weighted by Gasteiger charge is 2.04. The van der Waals surface area contributed by atoms with E-state index in [9.17, 15) is 4.39 Å². The molecule has 0 amide bonds. The van der Waals surface area contributed by atoms with Crippen molar-refractivity contribution in [2.45, 2.75) is 27.1 Å². The van der Waals surface area contributed by atoms with Crippen LogP contribution in [-0.4, -0.2) is 18.2 Å². The lowest BCUT2D eigenvalue weighted by atomic mass is 10.4. The summed E-state index contributed by atoms with van der Waals surface area (Å²) in [7, 11) is 1.74. The number of hydrogen-bond acceptors (Lipinski definition) is 1. The van der Waals surface area contributed by atoms with Gasteiger partial charge in [0, 0.05) is 12.7 Å². The summed E-state index contributed by atoms with van der Waals surface area (Å²) < 4.78 is 12.4. The molecule has 0 rings (SSSR count). The van der Waals surface area contributed by atoms with E-state index in [0.717, 1.165) is 5.70 Å². The number of nitrogens with zero attached hydrogens (tertiary/aromatic N) is 1. The molecule has 0 heterocycles. The lowest BCUT2D eigenvalue weighted by molar-refractivity contribution is 0.165. The van der Waals surface area contributed by atoms with E-state index in [1.165, 1.54) is 6.92 Å². The molecular formula is C7H14FN. The zero-order valence-electron chi connectivity index (χ0n) is 6.48. The van der Waals surface area contributed by atoms with Gasteiger partial charge in [0.2, 0.25) is 0 Å². The molecule has 0 saturated carbocycles. The van der Waals surface area contributed by atoms with Gasteiger partial charge in [-0.2, -0.15) is 0 Å². The van der Waals surface area contributed by atoms with Gasteiger partial charge in [0.25, 0.3) is 0 Å². The molecule has 0 bridgehead atoms. The second-order valence-electron chi connectivity index (χ2n) is 2.11.